The van der Waals surface area contributed by atoms with Crippen molar-refractivity contribution in [3.8, 4) is 0 Å². The Labute approximate surface area is 95.9 Å². The standard InChI is InChI=1S/C9H11N3O5/c1-4(8(14)15)10-7(13)6-5(9(16)17)3-12(2)11-6/h3-4H,1-2H3,(H,10,13)(H,14,15)(H,16,17). The Kier molecular flexibility index (Phi) is 3.46. The third-order valence-electron chi connectivity index (χ3n) is 1.99. The van der Waals surface area contributed by atoms with E-state index in [0.717, 1.165) is 0 Å². The van der Waals surface area contributed by atoms with Gasteiger partial charge in [-0.1, -0.05) is 0 Å². The summed E-state index contributed by atoms with van der Waals surface area (Å²) in [4.78, 5) is 32.9. The van der Waals surface area contributed by atoms with Crippen LogP contribution in [0.15, 0.2) is 6.20 Å². The van der Waals surface area contributed by atoms with Gasteiger partial charge in [0.1, 0.15) is 11.6 Å². The van der Waals surface area contributed by atoms with Crippen molar-refractivity contribution in [2.45, 2.75) is 13.0 Å². The van der Waals surface area contributed by atoms with Crippen LogP contribution in [0.5, 0.6) is 0 Å². The van der Waals surface area contributed by atoms with E-state index in [-0.39, 0.29) is 11.3 Å². The number of carboxylic acids is 2. The highest BCUT2D eigenvalue weighted by Crippen LogP contribution is 2.06. The predicted molar refractivity (Wildman–Crippen MR) is 54.7 cm³/mol. The number of hydrogen-bond donors (Lipinski definition) is 3. The van der Waals surface area contributed by atoms with Gasteiger partial charge in [-0.2, -0.15) is 5.10 Å². The first kappa shape index (κ1) is 12.7. The number of amides is 1. The summed E-state index contributed by atoms with van der Waals surface area (Å²) in [6.45, 7) is 1.27. The summed E-state index contributed by atoms with van der Waals surface area (Å²) >= 11 is 0. The Morgan fingerprint density at radius 1 is 1.41 bits per heavy atom. The lowest BCUT2D eigenvalue weighted by Crippen LogP contribution is -2.39. The maximum Gasteiger partial charge on any atom is 0.339 e. The van der Waals surface area contributed by atoms with Gasteiger partial charge < -0.3 is 15.5 Å². The number of nitrogens with zero attached hydrogens (tertiary/aromatic N) is 2. The van der Waals surface area contributed by atoms with Crippen LogP contribution in [0, 0.1) is 0 Å². The van der Waals surface area contributed by atoms with Crippen molar-refractivity contribution in [3.63, 3.8) is 0 Å². The van der Waals surface area contributed by atoms with E-state index in [1.807, 2.05) is 0 Å². The average molecular weight is 241 g/mol. The Bertz CT molecular complexity index is 479. The minimum atomic E-state index is -1.30. The zero-order valence-corrected chi connectivity index (χ0v) is 9.17. The number of aryl methyl sites for hydroxylation is 1. The monoisotopic (exact) mass is 241 g/mol. The summed E-state index contributed by atoms with van der Waals surface area (Å²) in [7, 11) is 1.46. The van der Waals surface area contributed by atoms with Gasteiger partial charge in [-0.25, -0.2) is 4.79 Å². The van der Waals surface area contributed by atoms with Gasteiger partial charge in [-0.3, -0.25) is 14.3 Å². The normalized spacial score (nSPS) is 11.9. The molecule has 1 heterocycles. The molecule has 0 spiro atoms. The molecular formula is C9H11N3O5. The molecule has 3 N–H and O–H groups in total. The van der Waals surface area contributed by atoms with E-state index in [0.29, 0.717) is 0 Å². The number of aromatic nitrogens is 2. The van der Waals surface area contributed by atoms with Gasteiger partial charge in [0.15, 0.2) is 5.69 Å². The van der Waals surface area contributed by atoms with Gasteiger partial charge in [0.25, 0.3) is 5.91 Å². The van der Waals surface area contributed by atoms with Gasteiger partial charge in [0.05, 0.1) is 0 Å². The Hall–Kier alpha value is -2.38. The molecule has 0 aliphatic rings. The molecule has 92 valence electrons. The maximum absolute atomic E-state index is 11.6. The summed E-state index contributed by atoms with van der Waals surface area (Å²) in [6.07, 6.45) is 1.17. The van der Waals surface area contributed by atoms with Crippen LogP contribution in [-0.2, 0) is 11.8 Å². The lowest BCUT2D eigenvalue weighted by atomic mass is 10.2. The molecule has 1 rings (SSSR count). The molecule has 0 bridgehead atoms. The van der Waals surface area contributed by atoms with Crippen LogP contribution in [-0.4, -0.2) is 43.9 Å². The second-order valence-electron chi connectivity index (χ2n) is 3.40. The first-order valence-corrected chi connectivity index (χ1v) is 4.63. The van der Waals surface area contributed by atoms with Crippen molar-refractivity contribution < 1.29 is 24.6 Å². The highest BCUT2D eigenvalue weighted by Gasteiger charge is 2.23. The van der Waals surface area contributed by atoms with Crippen molar-refractivity contribution in [1.29, 1.82) is 0 Å². The minimum absolute atomic E-state index is 0.275. The molecule has 1 aromatic rings. The zero-order chi connectivity index (χ0) is 13.2. The summed E-state index contributed by atoms with van der Waals surface area (Å²) in [5.41, 5.74) is -0.587. The van der Waals surface area contributed by atoms with Gasteiger partial charge in [-0.15, -0.1) is 0 Å². The van der Waals surface area contributed by atoms with Crippen LogP contribution >= 0.6 is 0 Å². The van der Waals surface area contributed by atoms with Crippen LogP contribution in [0.1, 0.15) is 27.8 Å². The molecule has 0 saturated carbocycles. The first-order valence-electron chi connectivity index (χ1n) is 4.63. The van der Waals surface area contributed by atoms with Crippen LogP contribution in [0.4, 0.5) is 0 Å². The van der Waals surface area contributed by atoms with Crippen molar-refractivity contribution in [3.05, 3.63) is 17.5 Å². The minimum Gasteiger partial charge on any atom is -0.480 e. The fourth-order valence-electron chi connectivity index (χ4n) is 1.14. The Morgan fingerprint density at radius 3 is 2.47 bits per heavy atom. The average Bonchev–Trinajstić information content (AvgIpc) is 2.60. The van der Waals surface area contributed by atoms with E-state index in [1.165, 1.54) is 24.9 Å². The van der Waals surface area contributed by atoms with Crippen LogP contribution in [0.2, 0.25) is 0 Å². The Balaban J connectivity index is 2.96. The van der Waals surface area contributed by atoms with Crippen LogP contribution < -0.4 is 5.32 Å². The van der Waals surface area contributed by atoms with E-state index >= 15 is 0 Å². The lowest BCUT2D eigenvalue weighted by Gasteiger charge is -2.07. The number of carbonyl (C=O) groups excluding carboxylic acids is 1. The molecule has 8 nitrogen and oxygen atoms in total. The predicted octanol–water partition coefficient (Wildman–Crippen LogP) is -0.679. The molecule has 1 amide bonds. The van der Waals surface area contributed by atoms with Crippen LogP contribution in [0.3, 0.4) is 0 Å². The molecule has 1 unspecified atom stereocenters. The molecule has 17 heavy (non-hydrogen) atoms. The second kappa shape index (κ2) is 4.64. The quantitative estimate of drug-likeness (QED) is 0.642. The van der Waals surface area contributed by atoms with E-state index in [4.69, 9.17) is 10.2 Å². The topological polar surface area (TPSA) is 122 Å². The summed E-state index contributed by atoms with van der Waals surface area (Å²) in [5.74, 6) is -3.35. The molecule has 0 aliphatic heterocycles. The number of carbonyl (C=O) groups is 3. The van der Waals surface area contributed by atoms with Crippen LogP contribution in [0.25, 0.3) is 0 Å². The van der Waals surface area contributed by atoms with Gasteiger partial charge in [0, 0.05) is 13.2 Å². The molecule has 0 aromatic carbocycles. The summed E-state index contributed by atoms with van der Waals surface area (Å²) in [5, 5.41) is 23.2. The fourth-order valence-corrected chi connectivity index (χ4v) is 1.14. The number of hydrogen-bond acceptors (Lipinski definition) is 4. The number of aromatic carboxylic acids is 1. The first-order chi connectivity index (χ1) is 7.82. The van der Waals surface area contributed by atoms with Gasteiger partial charge in [0.2, 0.25) is 0 Å². The third kappa shape index (κ3) is 2.80. The smallest absolute Gasteiger partial charge is 0.339 e. The van der Waals surface area contributed by atoms with E-state index in [9.17, 15) is 14.4 Å². The highest BCUT2D eigenvalue weighted by molar-refractivity contribution is 6.04. The molecule has 0 fully saturated rings. The van der Waals surface area contributed by atoms with Crippen molar-refractivity contribution >= 4 is 17.8 Å². The fraction of sp³-hybridized carbons (Fsp3) is 0.333. The molecule has 0 saturated heterocycles. The molecule has 1 atom stereocenters. The van der Waals surface area contributed by atoms with Crippen molar-refractivity contribution in [2.24, 2.45) is 7.05 Å². The molecule has 8 heteroatoms. The molecular weight excluding hydrogens is 230 g/mol. The van der Waals surface area contributed by atoms with Crippen molar-refractivity contribution in [2.75, 3.05) is 0 Å². The van der Waals surface area contributed by atoms with E-state index in [1.54, 1.807) is 0 Å². The molecule has 0 aliphatic carbocycles. The lowest BCUT2D eigenvalue weighted by molar-refractivity contribution is -0.138. The number of aliphatic carboxylic acids is 1. The number of nitrogens with one attached hydrogen (secondary N) is 1. The third-order valence-corrected chi connectivity index (χ3v) is 1.99. The molecule has 1 aromatic heterocycles. The van der Waals surface area contributed by atoms with Gasteiger partial charge in [-0.05, 0) is 6.92 Å². The zero-order valence-electron chi connectivity index (χ0n) is 9.17. The molecule has 0 radical (unpaired) electrons. The summed E-state index contributed by atoms with van der Waals surface area (Å²) in [6, 6.07) is -1.12. The van der Waals surface area contributed by atoms with E-state index in [2.05, 4.69) is 10.4 Å². The second-order valence-corrected chi connectivity index (χ2v) is 3.40. The van der Waals surface area contributed by atoms with Crippen molar-refractivity contribution in [1.82, 2.24) is 15.1 Å². The maximum atomic E-state index is 11.6. The Morgan fingerprint density at radius 2 is 2.00 bits per heavy atom. The summed E-state index contributed by atoms with van der Waals surface area (Å²) < 4.78 is 1.17. The SMILES string of the molecule is CC(NC(=O)c1nn(C)cc1C(=O)O)C(=O)O. The van der Waals surface area contributed by atoms with E-state index < -0.39 is 23.9 Å². The number of carboxylic acid groups (broad SMARTS) is 2. The largest absolute Gasteiger partial charge is 0.480 e. The number of rotatable bonds is 4. The van der Waals surface area contributed by atoms with Gasteiger partial charge >= 0.3 is 11.9 Å². The highest BCUT2D eigenvalue weighted by atomic mass is 16.4.